The van der Waals surface area contributed by atoms with Crippen molar-refractivity contribution in [3.05, 3.63) is 65.2 Å². The second kappa shape index (κ2) is 7.08. The Kier molecular flexibility index (Phi) is 5.26. The molecule has 0 spiro atoms. The fourth-order valence-electron chi connectivity index (χ4n) is 2.32. The quantitative estimate of drug-likeness (QED) is 0.781. The fourth-order valence-corrected chi connectivity index (χ4v) is 2.32. The van der Waals surface area contributed by atoms with Crippen LogP contribution < -0.4 is 5.32 Å². The highest BCUT2D eigenvalue weighted by molar-refractivity contribution is 5.97. The van der Waals surface area contributed by atoms with Crippen molar-refractivity contribution in [3.63, 3.8) is 0 Å². The van der Waals surface area contributed by atoms with Crippen LogP contribution in [0, 0.1) is 16.7 Å². The Balaban J connectivity index is 2.56. The van der Waals surface area contributed by atoms with Crippen LogP contribution in [0.4, 0.5) is 13.2 Å². The summed E-state index contributed by atoms with van der Waals surface area (Å²) in [5.41, 5.74) is -1.03. The van der Waals surface area contributed by atoms with Gasteiger partial charge >= 0.3 is 6.18 Å². The lowest BCUT2D eigenvalue weighted by molar-refractivity contribution is -0.137. The van der Waals surface area contributed by atoms with E-state index in [4.69, 9.17) is 4.42 Å². The summed E-state index contributed by atoms with van der Waals surface area (Å²) in [6.45, 7) is 5.26. The van der Waals surface area contributed by atoms with Crippen molar-refractivity contribution in [1.29, 1.82) is 5.26 Å². The van der Waals surface area contributed by atoms with Gasteiger partial charge in [-0.05, 0) is 23.8 Å². The van der Waals surface area contributed by atoms with Crippen LogP contribution in [0.2, 0.25) is 0 Å². The van der Waals surface area contributed by atoms with Crippen LogP contribution in [-0.2, 0) is 6.18 Å². The molecule has 0 fully saturated rings. The molecule has 7 heteroatoms. The molecule has 0 atom stereocenters. The second-order valence-electron chi connectivity index (χ2n) is 6.66. The molecule has 0 unspecified atom stereocenters. The maximum atomic E-state index is 13.0. The predicted molar refractivity (Wildman–Crippen MR) is 89.6 cm³/mol. The highest BCUT2D eigenvalue weighted by atomic mass is 19.4. The Morgan fingerprint density at radius 1 is 1.15 bits per heavy atom. The number of allylic oxidation sites excluding steroid dienone is 2. The van der Waals surface area contributed by atoms with Gasteiger partial charge in [0.15, 0.2) is 0 Å². The van der Waals surface area contributed by atoms with E-state index in [1.807, 2.05) is 6.07 Å². The molecule has 0 bridgehead atoms. The van der Waals surface area contributed by atoms with E-state index in [0.29, 0.717) is 0 Å². The van der Waals surface area contributed by atoms with Crippen LogP contribution in [-0.4, -0.2) is 5.91 Å². The summed E-state index contributed by atoms with van der Waals surface area (Å²) in [7, 11) is 0. The molecule has 0 aliphatic carbocycles. The molecular formula is C19H17F3N2O2. The topological polar surface area (TPSA) is 66.0 Å². The molecule has 4 nitrogen and oxygen atoms in total. The van der Waals surface area contributed by atoms with Crippen molar-refractivity contribution in [2.24, 2.45) is 5.41 Å². The first kappa shape index (κ1) is 19.3. The molecule has 1 aromatic heterocycles. The lowest BCUT2D eigenvalue weighted by Crippen LogP contribution is -2.31. The summed E-state index contributed by atoms with van der Waals surface area (Å²) in [5, 5.41) is 12.2. The van der Waals surface area contributed by atoms with Crippen molar-refractivity contribution in [3.8, 4) is 6.07 Å². The first-order valence-corrected chi connectivity index (χ1v) is 7.70. The molecule has 1 amide bonds. The number of rotatable bonds is 3. The van der Waals surface area contributed by atoms with Crippen molar-refractivity contribution >= 4 is 11.5 Å². The van der Waals surface area contributed by atoms with Crippen LogP contribution in [0.5, 0.6) is 0 Å². The summed E-state index contributed by atoms with van der Waals surface area (Å²) in [6, 6.07) is 7.84. The van der Waals surface area contributed by atoms with E-state index in [0.717, 1.165) is 12.1 Å². The minimum absolute atomic E-state index is 0.0274. The van der Waals surface area contributed by atoms with E-state index in [2.05, 4.69) is 5.32 Å². The molecule has 0 aliphatic heterocycles. The lowest BCUT2D eigenvalue weighted by atomic mass is 9.86. The summed E-state index contributed by atoms with van der Waals surface area (Å²) in [4.78, 5) is 12.3. The van der Waals surface area contributed by atoms with Gasteiger partial charge in [-0.2, -0.15) is 18.4 Å². The Morgan fingerprint density at radius 3 is 2.35 bits per heavy atom. The minimum Gasteiger partial charge on any atom is -0.472 e. The van der Waals surface area contributed by atoms with Crippen LogP contribution >= 0.6 is 0 Å². The number of nitrogens with one attached hydrogen (secondary N) is 1. The summed E-state index contributed by atoms with van der Waals surface area (Å²) < 4.78 is 43.8. The molecule has 0 radical (unpaired) electrons. The third-order valence-electron chi connectivity index (χ3n) is 3.61. The molecule has 0 aliphatic rings. The molecule has 0 saturated carbocycles. The number of hydrogen-bond acceptors (Lipinski definition) is 3. The van der Waals surface area contributed by atoms with E-state index in [-0.39, 0.29) is 22.4 Å². The zero-order valence-electron chi connectivity index (χ0n) is 14.4. The van der Waals surface area contributed by atoms with E-state index >= 15 is 0 Å². The zero-order valence-corrected chi connectivity index (χ0v) is 14.4. The van der Waals surface area contributed by atoms with Gasteiger partial charge in [0.25, 0.3) is 5.91 Å². The number of halogens is 3. The van der Waals surface area contributed by atoms with Crippen LogP contribution in [0.15, 0.2) is 53.0 Å². The number of furan rings is 1. The van der Waals surface area contributed by atoms with E-state index < -0.39 is 23.1 Å². The third kappa shape index (κ3) is 4.33. The molecule has 2 rings (SSSR count). The second-order valence-corrected chi connectivity index (χ2v) is 6.66. The van der Waals surface area contributed by atoms with E-state index in [1.165, 1.54) is 30.7 Å². The number of nitriles is 1. The van der Waals surface area contributed by atoms with E-state index in [9.17, 15) is 23.2 Å². The highest BCUT2D eigenvalue weighted by Crippen LogP contribution is 2.34. The van der Waals surface area contributed by atoms with Gasteiger partial charge < -0.3 is 9.73 Å². The van der Waals surface area contributed by atoms with Gasteiger partial charge in [0.2, 0.25) is 0 Å². The number of amides is 1. The fraction of sp³-hybridized carbons (Fsp3) is 0.263. The van der Waals surface area contributed by atoms with Crippen molar-refractivity contribution < 1.29 is 22.4 Å². The molecule has 1 N–H and O–H groups in total. The van der Waals surface area contributed by atoms with Crippen LogP contribution in [0.1, 0.15) is 42.3 Å². The third-order valence-corrected chi connectivity index (χ3v) is 3.61. The molecule has 0 saturated heterocycles. The Hall–Kier alpha value is -3.01. The maximum Gasteiger partial charge on any atom is 0.416 e. The van der Waals surface area contributed by atoms with Crippen molar-refractivity contribution in [1.82, 2.24) is 5.32 Å². The van der Waals surface area contributed by atoms with Crippen LogP contribution in [0.3, 0.4) is 0 Å². The van der Waals surface area contributed by atoms with Gasteiger partial charge in [-0.25, -0.2) is 0 Å². The number of carbonyl (C=O) groups excluding carboxylic acids is 1. The summed E-state index contributed by atoms with van der Waals surface area (Å²) in [6.07, 6.45) is -1.96. The van der Waals surface area contributed by atoms with Gasteiger partial charge in [-0.3, -0.25) is 4.79 Å². The normalized spacial score (nSPS) is 13.0. The molecule has 1 aromatic carbocycles. The first-order valence-electron chi connectivity index (χ1n) is 7.70. The highest BCUT2D eigenvalue weighted by Gasteiger charge is 2.31. The number of benzene rings is 1. The predicted octanol–water partition coefficient (Wildman–Crippen LogP) is 5.01. The van der Waals surface area contributed by atoms with Gasteiger partial charge in [0.05, 0.1) is 23.0 Å². The largest absolute Gasteiger partial charge is 0.472 e. The Bertz CT molecular complexity index is 867. The van der Waals surface area contributed by atoms with Gasteiger partial charge in [0, 0.05) is 11.1 Å². The monoisotopic (exact) mass is 362 g/mol. The zero-order chi connectivity index (χ0) is 19.5. The molecular weight excluding hydrogens is 345 g/mol. The Morgan fingerprint density at radius 2 is 1.85 bits per heavy atom. The maximum absolute atomic E-state index is 13.0. The Labute approximate surface area is 148 Å². The number of hydrogen-bond donors (Lipinski definition) is 1. The number of nitrogens with zero attached hydrogens (tertiary/aromatic N) is 1. The van der Waals surface area contributed by atoms with Gasteiger partial charge in [-0.1, -0.05) is 32.9 Å². The van der Waals surface area contributed by atoms with Crippen molar-refractivity contribution in [2.45, 2.75) is 26.9 Å². The molecule has 2 aromatic rings. The van der Waals surface area contributed by atoms with E-state index in [1.54, 1.807) is 20.8 Å². The smallest absolute Gasteiger partial charge is 0.416 e. The van der Waals surface area contributed by atoms with Gasteiger partial charge in [-0.15, -0.1) is 0 Å². The average Bonchev–Trinajstić information content (AvgIpc) is 3.07. The van der Waals surface area contributed by atoms with Crippen LogP contribution in [0.25, 0.3) is 5.57 Å². The lowest BCUT2D eigenvalue weighted by Gasteiger charge is -2.25. The number of carbonyl (C=O) groups is 1. The molecule has 1 heterocycles. The van der Waals surface area contributed by atoms with Gasteiger partial charge in [0.1, 0.15) is 12.3 Å². The standard InChI is InChI=1S/C19H17F3N2O2/c1-18(2,3)16(24-17(25)13-7-8-26-11-13)15(10-23)12-5-4-6-14(9-12)19(20,21)22/h4-9,11H,1-3H3,(H,24,25). The summed E-state index contributed by atoms with van der Waals surface area (Å²) >= 11 is 0. The minimum atomic E-state index is -4.53. The summed E-state index contributed by atoms with van der Waals surface area (Å²) in [5.74, 6) is -0.511. The molecule has 136 valence electrons. The average molecular weight is 362 g/mol. The van der Waals surface area contributed by atoms with Crippen molar-refractivity contribution in [2.75, 3.05) is 0 Å². The first-order chi connectivity index (χ1) is 12.0. The molecule has 26 heavy (non-hydrogen) atoms. The SMILES string of the molecule is CC(C)(C)C(NC(=O)c1ccoc1)=C(C#N)c1cccc(C(F)(F)F)c1. The number of alkyl halides is 3.